The minimum absolute atomic E-state index is 0.0666. The van der Waals surface area contributed by atoms with Gasteiger partial charge in [-0.2, -0.15) is 0 Å². The van der Waals surface area contributed by atoms with Gasteiger partial charge in [0.25, 0.3) is 0 Å². The lowest BCUT2D eigenvalue weighted by Gasteiger charge is -2.16. The van der Waals surface area contributed by atoms with Crippen molar-refractivity contribution >= 4 is 23.2 Å². The van der Waals surface area contributed by atoms with Crippen LogP contribution in [0.25, 0.3) is 0 Å². The molecule has 1 aromatic carbocycles. The third kappa shape index (κ3) is 3.61. The number of hydrogen-bond acceptors (Lipinski definition) is 2. The van der Waals surface area contributed by atoms with Crippen molar-refractivity contribution in [2.45, 2.75) is 18.6 Å². The molecule has 16 heavy (non-hydrogen) atoms. The first-order chi connectivity index (χ1) is 7.58. The summed E-state index contributed by atoms with van der Waals surface area (Å²) in [6.07, 6.45) is -0.235. The van der Waals surface area contributed by atoms with Gasteiger partial charge in [0.15, 0.2) is 0 Å². The Bertz CT molecular complexity index is 347. The van der Waals surface area contributed by atoms with E-state index >= 15 is 0 Å². The average Bonchev–Trinajstić information content (AvgIpc) is 2.29. The Morgan fingerprint density at radius 1 is 1.31 bits per heavy atom. The van der Waals surface area contributed by atoms with E-state index in [0.29, 0.717) is 16.5 Å². The lowest BCUT2D eigenvalue weighted by atomic mass is 10.0. The van der Waals surface area contributed by atoms with Crippen LogP contribution in [0.15, 0.2) is 18.2 Å². The van der Waals surface area contributed by atoms with Crippen molar-refractivity contribution in [3.05, 3.63) is 33.8 Å². The van der Waals surface area contributed by atoms with Crippen LogP contribution in [0, 0.1) is 0 Å². The van der Waals surface area contributed by atoms with E-state index in [2.05, 4.69) is 0 Å². The minimum atomic E-state index is -0.712. The highest BCUT2D eigenvalue weighted by molar-refractivity contribution is 6.42. The van der Waals surface area contributed by atoms with Gasteiger partial charge in [0.1, 0.15) is 6.04 Å². The van der Waals surface area contributed by atoms with E-state index in [1.165, 1.54) is 0 Å². The molecule has 0 fully saturated rings. The first-order valence-electron chi connectivity index (χ1n) is 5.11. The summed E-state index contributed by atoms with van der Waals surface area (Å²) in [5.74, 6) is 0. The predicted octanol–water partition coefficient (Wildman–Crippen LogP) is 0.971. The molecule has 0 aliphatic carbocycles. The molecule has 3 nitrogen and oxygen atoms in total. The number of hydrogen-bond donors (Lipinski definition) is 3. The number of aliphatic hydroxyl groups is 2. The van der Waals surface area contributed by atoms with Crippen molar-refractivity contribution < 1.29 is 15.5 Å². The maximum absolute atomic E-state index is 9.42. The van der Waals surface area contributed by atoms with Crippen LogP contribution >= 0.6 is 23.2 Å². The maximum atomic E-state index is 9.42. The highest BCUT2D eigenvalue weighted by atomic mass is 35.5. The largest absolute Gasteiger partial charge is 0.394 e. The molecule has 1 rings (SSSR count). The molecule has 0 heterocycles. The van der Waals surface area contributed by atoms with Crippen molar-refractivity contribution in [3.63, 3.8) is 0 Å². The third-order valence-electron chi connectivity index (χ3n) is 2.51. The van der Waals surface area contributed by atoms with Gasteiger partial charge < -0.3 is 15.5 Å². The van der Waals surface area contributed by atoms with Gasteiger partial charge >= 0.3 is 0 Å². The van der Waals surface area contributed by atoms with Gasteiger partial charge in [0, 0.05) is 12.0 Å². The fourth-order valence-corrected chi connectivity index (χ4v) is 1.88. The highest BCUT2D eigenvalue weighted by Crippen LogP contribution is 2.25. The first kappa shape index (κ1) is 13.7. The van der Waals surface area contributed by atoms with Gasteiger partial charge in [0.05, 0.1) is 29.8 Å². The molecule has 0 bridgehead atoms. The lowest BCUT2D eigenvalue weighted by molar-refractivity contribution is -0.672. The molecular formula is C11H16Cl2NO2+. The van der Waals surface area contributed by atoms with Gasteiger partial charge in [-0.15, -0.1) is 0 Å². The normalized spacial score (nSPS) is 14.8. The Balaban J connectivity index is 2.82. The van der Waals surface area contributed by atoms with Crippen LogP contribution in [0.4, 0.5) is 0 Å². The molecule has 0 spiro atoms. The standard InChI is InChI=1S/C11H15Cl2NO2/c1-14-11(5-8(16)6-15)7-2-3-9(12)10(13)4-7/h2-4,8,11,14-16H,5-6H2,1H3/p+1. The Morgan fingerprint density at radius 2 is 2.00 bits per heavy atom. The van der Waals surface area contributed by atoms with Crippen molar-refractivity contribution in [1.29, 1.82) is 0 Å². The molecule has 0 saturated carbocycles. The van der Waals surface area contributed by atoms with E-state index in [0.717, 1.165) is 5.56 Å². The molecule has 2 atom stereocenters. The summed E-state index contributed by atoms with van der Waals surface area (Å²) in [4.78, 5) is 0. The quantitative estimate of drug-likeness (QED) is 0.743. The molecule has 2 unspecified atom stereocenters. The van der Waals surface area contributed by atoms with Gasteiger partial charge in [-0.25, -0.2) is 0 Å². The van der Waals surface area contributed by atoms with Crippen molar-refractivity contribution in [2.75, 3.05) is 13.7 Å². The zero-order valence-electron chi connectivity index (χ0n) is 9.03. The second kappa shape index (κ2) is 6.42. The molecule has 0 amide bonds. The fraction of sp³-hybridized carbons (Fsp3) is 0.455. The predicted molar refractivity (Wildman–Crippen MR) is 64.8 cm³/mol. The Morgan fingerprint density at radius 3 is 2.50 bits per heavy atom. The number of nitrogens with two attached hydrogens (primary N) is 1. The van der Waals surface area contributed by atoms with Gasteiger partial charge in [-0.05, 0) is 12.1 Å². The zero-order valence-corrected chi connectivity index (χ0v) is 10.5. The summed E-state index contributed by atoms with van der Waals surface area (Å²) < 4.78 is 0. The molecular weight excluding hydrogens is 249 g/mol. The first-order valence-corrected chi connectivity index (χ1v) is 5.87. The van der Waals surface area contributed by atoms with E-state index < -0.39 is 6.10 Å². The van der Waals surface area contributed by atoms with Crippen molar-refractivity contribution in [1.82, 2.24) is 0 Å². The van der Waals surface area contributed by atoms with E-state index in [-0.39, 0.29) is 12.6 Å². The van der Waals surface area contributed by atoms with E-state index in [4.69, 9.17) is 28.3 Å². The van der Waals surface area contributed by atoms with Gasteiger partial charge in [-0.3, -0.25) is 0 Å². The molecule has 1 aromatic rings. The van der Waals surface area contributed by atoms with Crippen LogP contribution in [-0.4, -0.2) is 30.0 Å². The zero-order chi connectivity index (χ0) is 12.1. The molecule has 0 aliphatic heterocycles. The molecule has 0 aromatic heterocycles. The topological polar surface area (TPSA) is 57.1 Å². The maximum Gasteiger partial charge on any atom is 0.114 e. The summed E-state index contributed by atoms with van der Waals surface area (Å²) in [5.41, 5.74) is 0.990. The fourth-order valence-electron chi connectivity index (χ4n) is 1.58. The van der Waals surface area contributed by atoms with Crippen LogP contribution in [0.1, 0.15) is 18.0 Å². The molecule has 0 radical (unpaired) electrons. The van der Waals surface area contributed by atoms with Crippen LogP contribution in [-0.2, 0) is 0 Å². The number of quaternary nitrogens is 1. The van der Waals surface area contributed by atoms with Gasteiger partial charge in [-0.1, -0.05) is 29.3 Å². The minimum Gasteiger partial charge on any atom is -0.394 e. The summed E-state index contributed by atoms with van der Waals surface area (Å²) in [6, 6.07) is 5.47. The van der Waals surface area contributed by atoms with Crippen molar-refractivity contribution in [3.8, 4) is 0 Å². The Labute approximate surface area is 105 Å². The summed E-state index contributed by atoms with van der Waals surface area (Å²) in [7, 11) is 1.91. The Hall–Kier alpha value is -0.320. The molecule has 0 aliphatic rings. The second-order valence-electron chi connectivity index (χ2n) is 3.69. The monoisotopic (exact) mass is 264 g/mol. The molecule has 4 N–H and O–H groups in total. The third-order valence-corrected chi connectivity index (χ3v) is 3.25. The van der Waals surface area contributed by atoms with Crippen LogP contribution in [0.5, 0.6) is 0 Å². The smallest absolute Gasteiger partial charge is 0.114 e. The lowest BCUT2D eigenvalue weighted by Crippen LogP contribution is -2.81. The van der Waals surface area contributed by atoms with Crippen molar-refractivity contribution in [2.24, 2.45) is 0 Å². The summed E-state index contributed by atoms with van der Waals surface area (Å²) in [6.45, 7) is -0.230. The van der Waals surface area contributed by atoms with E-state index in [1.807, 2.05) is 18.4 Å². The van der Waals surface area contributed by atoms with E-state index in [9.17, 15) is 5.11 Å². The number of aliphatic hydroxyl groups excluding tert-OH is 2. The number of rotatable bonds is 5. The Kier molecular flexibility index (Phi) is 5.52. The number of benzene rings is 1. The summed E-state index contributed by atoms with van der Waals surface area (Å²) >= 11 is 11.8. The second-order valence-corrected chi connectivity index (χ2v) is 4.50. The van der Waals surface area contributed by atoms with Crippen LogP contribution in [0.3, 0.4) is 0 Å². The molecule has 5 heteroatoms. The molecule has 90 valence electrons. The average molecular weight is 265 g/mol. The van der Waals surface area contributed by atoms with Crippen LogP contribution in [0.2, 0.25) is 10.0 Å². The van der Waals surface area contributed by atoms with Gasteiger partial charge in [0.2, 0.25) is 0 Å². The van der Waals surface area contributed by atoms with Crippen LogP contribution < -0.4 is 5.32 Å². The highest BCUT2D eigenvalue weighted by Gasteiger charge is 2.18. The summed E-state index contributed by atoms with van der Waals surface area (Å²) in [5, 5.41) is 21.2. The van der Waals surface area contributed by atoms with E-state index in [1.54, 1.807) is 12.1 Å². The molecule has 0 saturated heterocycles. The number of halogens is 2. The SMILES string of the molecule is C[NH2+]C(CC(O)CO)c1ccc(Cl)c(Cl)c1.